The fourth-order valence-corrected chi connectivity index (χ4v) is 7.23. The van der Waals surface area contributed by atoms with E-state index in [1.165, 1.54) is 23.5 Å². The number of thiophene rings is 1. The molecule has 3 heterocycles. The molecule has 14 nitrogen and oxygen atoms in total. The summed E-state index contributed by atoms with van der Waals surface area (Å²) in [5.74, 6) is -4.49. The highest BCUT2D eigenvalue weighted by molar-refractivity contribution is 7.09. The van der Waals surface area contributed by atoms with Crippen molar-refractivity contribution in [1.82, 2.24) is 26.6 Å². The summed E-state index contributed by atoms with van der Waals surface area (Å²) in [5.41, 5.74) is 3.74. The quantitative estimate of drug-likeness (QED) is 0.103. The molecular formula is C44H43N5O9S. The van der Waals surface area contributed by atoms with Gasteiger partial charge in [-0.1, -0.05) is 84.9 Å². The normalized spacial score (nSPS) is 19.1. The molecule has 15 heteroatoms. The Balaban J connectivity index is 1.36. The predicted molar refractivity (Wildman–Crippen MR) is 219 cm³/mol. The van der Waals surface area contributed by atoms with Crippen LogP contribution < -0.4 is 31.3 Å². The van der Waals surface area contributed by atoms with Gasteiger partial charge in [0, 0.05) is 30.6 Å². The topological polar surface area (TPSA) is 212 Å². The Hall–Kier alpha value is -7.00. The number of nitrogens with one attached hydrogen (secondary N) is 5. The van der Waals surface area contributed by atoms with E-state index in [1.807, 2.05) is 72.1 Å². The lowest BCUT2D eigenvalue weighted by atomic mass is 9.99. The van der Waals surface area contributed by atoms with Gasteiger partial charge in [0.2, 0.25) is 23.6 Å². The van der Waals surface area contributed by atoms with Crippen LogP contribution in [0.3, 0.4) is 0 Å². The Kier molecular flexibility index (Phi) is 14.1. The van der Waals surface area contributed by atoms with Gasteiger partial charge in [0.15, 0.2) is 6.61 Å². The number of carbonyl (C=O) groups is 6. The number of benzene rings is 4. The predicted octanol–water partition coefficient (Wildman–Crippen LogP) is 2.92. The summed E-state index contributed by atoms with van der Waals surface area (Å²) >= 11 is 1.40. The lowest BCUT2D eigenvalue weighted by Crippen LogP contribution is -2.59. The Bertz CT molecular complexity index is 2230. The third kappa shape index (κ3) is 12.2. The van der Waals surface area contributed by atoms with Crippen molar-refractivity contribution in [3.63, 3.8) is 0 Å². The van der Waals surface area contributed by atoms with Crippen LogP contribution in [0.1, 0.15) is 21.6 Å². The first-order valence-corrected chi connectivity index (χ1v) is 19.7. The number of rotatable bonds is 10. The number of aromatic hydroxyl groups is 1. The number of phenolic OH excluding ortho intramolecular Hbond substituents is 1. The minimum absolute atomic E-state index is 0.00281. The SMILES string of the molecule is O=C(O)CNC(=O)C1Cc2ccc(cc2)OCC(=O)NC(Cc2cccs2)C(=O)NC(Cc2ccc(-c3ccccc3)cc2)C(=O)NC(Cc2ccc(O)cc2)C(=O)N1. The molecule has 0 spiro atoms. The molecule has 2 aliphatic rings. The van der Waals surface area contributed by atoms with E-state index in [4.69, 9.17) is 4.74 Å². The van der Waals surface area contributed by atoms with Crippen molar-refractivity contribution in [2.75, 3.05) is 13.2 Å². The van der Waals surface area contributed by atoms with E-state index >= 15 is 0 Å². The zero-order valence-electron chi connectivity index (χ0n) is 31.8. The van der Waals surface area contributed by atoms with E-state index in [2.05, 4.69) is 26.6 Å². The van der Waals surface area contributed by atoms with Crippen molar-refractivity contribution < 1.29 is 43.7 Å². The van der Waals surface area contributed by atoms with Crippen LogP contribution in [-0.4, -0.2) is 83.0 Å². The third-order valence-electron chi connectivity index (χ3n) is 9.56. The molecule has 4 unspecified atom stereocenters. The molecule has 59 heavy (non-hydrogen) atoms. The number of phenols is 1. The molecule has 304 valence electrons. The minimum atomic E-state index is -1.32. The number of carboxylic acid groups (broad SMARTS) is 1. The highest BCUT2D eigenvalue weighted by Crippen LogP contribution is 2.21. The van der Waals surface area contributed by atoms with Gasteiger partial charge in [-0.05, 0) is 63.5 Å². The first kappa shape index (κ1) is 41.6. The van der Waals surface area contributed by atoms with E-state index in [9.17, 15) is 39.0 Å². The molecular weight excluding hydrogens is 775 g/mol. The zero-order chi connectivity index (χ0) is 41.7. The molecule has 0 radical (unpaired) electrons. The number of hydrogen-bond donors (Lipinski definition) is 7. The van der Waals surface area contributed by atoms with Crippen LogP contribution in [0.25, 0.3) is 11.1 Å². The van der Waals surface area contributed by atoms with Crippen LogP contribution in [0, 0.1) is 0 Å². The second kappa shape index (κ2) is 19.9. The molecule has 5 aromatic rings. The molecule has 0 aliphatic carbocycles. The highest BCUT2D eigenvalue weighted by Gasteiger charge is 2.32. The smallest absolute Gasteiger partial charge is 0.322 e. The fraction of sp³-hybridized carbons (Fsp3) is 0.227. The van der Waals surface area contributed by atoms with Gasteiger partial charge in [0.1, 0.15) is 42.2 Å². The molecule has 5 amide bonds. The maximum Gasteiger partial charge on any atom is 0.322 e. The monoisotopic (exact) mass is 817 g/mol. The number of hydrogen-bond acceptors (Lipinski definition) is 9. The maximum absolute atomic E-state index is 14.5. The van der Waals surface area contributed by atoms with Gasteiger partial charge in [0.05, 0.1) is 0 Å². The molecule has 0 saturated carbocycles. The summed E-state index contributed by atoms with van der Waals surface area (Å²) in [6, 6.07) is 28.3. The van der Waals surface area contributed by atoms with Crippen LogP contribution >= 0.6 is 11.3 Å². The summed E-state index contributed by atoms with van der Waals surface area (Å²) in [6.45, 7) is -1.13. The first-order chi connectivity index (χ1) is 28.5. The van der Waals surface area contributed by atoms with E-state index in [1.54, 1.807) is 36.4 Å². The number of aliphatic carboxylic acids is 1. The van der Waals surface area contributed by atoms with Crippen LogP contribution in [0.5, 0.6) is 11.5 Å². The Labute approximate surface area is 344 Å². The van der Waals surface area contributed by atoms with Gasteiger partial charge in [-0.15, -0.1) is 11.3 Å². The molecule has 4 atom stereocenters. The number of fused-ring (bicyclic) bond motifs is 16. The number of amides is 5. The minimum Gasteiger partial charge on any atom is -0.508 e. The molecule has 0 fully saturated rings. The zero-order valence-corrected chi connectivity index (χ0v) is 32.6. The summed E-state index contributed by atoms with van der Waals surface area (Å²) in [6.07, 6.45) is -0.0326. The first-order valence-electron chi connectivity index (χ1n) is 18.9. The third-order valence-corrected chi connectivity index (χ3v) is 10.5. The van der Waals surface area contributed by atoms with Gasteiger partial charge >= 0.3 is 5.97 Å². The van der Waals surface area contributed by atoms with E-state index in [0.717, 1.165) is 16.0 Å². The van der Waals surface area contributed by atoms with E-state index in [-0.39, 0.29) is 31.4 Å². The van der Waals surface area contributed by atoms with Crippen molar-refractivity contribution in [2.45, 2.75) is 49.9 Å². The van der Waals surface area contributed by atoms with Crippen molar-refractivity contribution in [3.8, 4) is 22.6 Å². The summed E-state index contributed by atoms with van der Waals surface area (Å²) < 4.78 is 5.71. The van der Waals surface area contributed by atoms with Crippen molar-refractivity contribution in [1.29, 1.82) is 0 Å². The maximum atomic E-state index is 14.5. The second-order valence-corrected chi connectivity index (χ2v) is 15.0. The van der Waals surface area contributed by atoms with Crippen molar-refractivity contribution in [3.05, 3.63) is 142 Å². The average Bonchev–Trinajstić information content (AvgIpc) is 3.75. The van der Waals surface area contributed by atoms with Gasteiger partial charge < -0.3 is 41.5 Å². The van der Waals surface area contributed by atoms with Crippen molar-refractivity contribution >= 4 is 46.8 Å². The van der Waals surface area contributed by atoms with Crippen LogP contribution in [-0.2, 0) is 54.5 Å². The Morgan fingerprint density at radius 2 is 1.24 bits per heavy atom. The molecule has 7 N–H and O–H groups in total. The van der Waals surface area contributed by atoms with E-state index in [0.29, 0.717) is 22.4 Å². The van der Waals surface area contributed by atoms with E-state index < -0.39 is 72.8 Å². The van der Waals surface area contributed by atoms with Gasteiger partial charge in [0.25, 0.3) is 5.91 Å². The lowest BCUT2D eigenvalue weighted by molar-refractivity contribution is -0.138. The standard InChI is InChI=1S/C44H43N5O9S/c50-32-16-10-28(11-17-32)23-37-42(55)47-35(41(54)45-25-40(52)53)21-29-12-18-33(19-13-29)58-26-39(51)46-38(24-34-7-4-20-59-34)44(57)49-36(43(56)48-37)22-27-8-14-31(15-9-27)30-5-2-1-3-6-30/h1-20,35-38,50H,21-26H2,(H,45,54)(H,46,51)(H,47,55)(H,48,56)(H,49,57)(H,52,53). The summed E-state index contributed by atoms with van der Waals surface area (Å²) in [7, 11) is 0. The van der Waals surface area contributed by atoms with Crippen molar-refractivity contribution in [2.24, 2.45) is 0 Å². The second-order valence-electron chi connectivity index (χ2n) is 14.0. The van der Waals surface area contributed by atoms with Crippen LogP contribution in [0.15, 0.2) is 121 Å². The van der Waals surface area contributed by atoms with Gasteiger partial charge in [-0.3, -0.25) is 28.8 Å². The number of carboxylic acids is 1. The number of carbonyl (C=O) groups excluding carboxylic acids is 5. The summed E-state index contributed by atoms with van der Waals surface area (Å²) in [5, 5.41) is 34.4. The Morgan fingerprint density at radius 1 is 0.661 bits per heavy atom. The lowest BCUT2D eigenvalue weighted by Gasteiger charge is -2.27. The molecule has 2 aliphatic heterocycles. The fourth-order valence-electron chi connectivity index (χ4n) is 6.48. The van der Waals surface area contributed by atoms with Gasteiger partial charge in [-0.25, -0.2) is 0 Å². The largest absolute Gasteiger partial charge is 0.508 e. The van der Waals surface area contributed by atoms with Gasteiger partial charge in [-0.2, -0.15) is 0 Å². The Morgan fingerprint density at radius 3 is 1.83 bits per heavy atom. The summed E-state index contributed by atoms with van der Waals surface area (Å²) in [4.78, 5) is 81.6. The number of ether oxygens (including phenoxy) is 1. The average molecular weight is 818 g/mol. The molecule has 7 rings (SSSR count). The molecule has 4 aromatic carbocycles. The molecule has 2 bridgehead atoms. The highest BCUT2D eigenvalue weighted by atomic mass is 32.1. The van der Waals surface area contributed by atoms with Crippen LogP contribution in [0.4, 0.5) is 0 Å². The van der Waals surface area contributed by atoms with Crippen LogP contribution in [0.2, 0.25) is 0 Å². The molecule has 1 aromatic heterocycles. The molecule has 0 saturated heterocycles.